The Bertz CT molecular complexity index is 2070. The molecule has 0 amide bonds. The van der Waals surface area contributed by atoms with E-state index in [1.807, 2.05) is 12.1 Å². The molecule has 3 aromatic heterocycles. The zero-order valence-corrected chi connectivity index (χ0v) is 20.5. The number of rotatable bonds is 3. The van der Waals surface area contributed by atoms with Gasteiger partial charge in [0.05, 0.1) is 22.1 Å². The number of fused-ring (bicyclic) bond motifs is 6. The average Bonchev–Trinajstić information content (AvgIpc) is 3.51. The van der Waals surface area contributed by atoms with Crippen LogP contribution < -0.4 is 0 Å². The fraction of sp³-hybridized carbons (Fsp3) is 0. The van der Waals surface area contributed by atoms with Gasteiger partial charge in [0.1, 0.15) is 11.2 Å². The van der Waals surface area contributed by atoms with Gasteiger partial charge in [-0.05, 0) is 30.3 Å². The smallest absolute Gasteiger partial charge is 0.235 e. The highest BCUT2D eigenvalue weighted by molar-refractivity contribution is 6.12. The number of para-hydroxylation sites is 4. The van der Waals surface area contributed by atoms with Crippen molar-refractivity contribution >= 4 is 43.7 Å². The second-order valence-corrected chi connectivity index (χ2v) is 9.49. The van der Waals surface area contributed by atoms with Crippen molar-refractivity contribution in [3.05, 3.63) is 133 Å². The molecule has 0 aliphatic heterocycles. The summed E-state index contributed by atoms with van der Waals surface area (Å²) in [4.78, 5) is 10.6. The Morgan fingerprint density at radius 2 is 0.921 bits per heavy atom. The molecule has 0 bridgehead atoms. The van der Waals surface area contributed by atoms with Gasteiger partial charge in [0.2, 0.25) is 5.95 Å². The van der Waals surface area contributed by atoms with Crippen LogP contribution in [0.25, 0.3) is 66.6 Å². The summed E-state index contributed by atoms with van der Waals surface area (Å²) >= 11 is 0. The maximum atomic E-state index is 5.33. The van der Waals surface area contributed by atoms with E-state index in [1.54, 1.807) is 0 Å². The zero-order valence-electron chi connectivity index (χ0n) is 20.5. The first-order valence-corrected chi connectivity index (χ1v) is 12.8. The lowest BCUT2D eigenvalue weighted by Gasteiger charge is -2.13. The van der Waals surface area contributed by atoms with E-state index in [-0.39, 0.29) is 0 Å². The molecule has 5 aromatic carbocycles. The molecule has 0 unspecified atom stereocenters. The molecule has 178 valence electrons. The van der Waals surface area contributed by atoms with Crippen LogP contribution in [-0.2, 0) is 0 Å². The van der Waals surface area contributed by atoms with E-state index < -0.39 is 0 Å². The van der Waals surface area contributed by atoms with Crippen molar-refractivity contribution in [3.63, 3.8) is 0 Å². The summed E-state index contributed by atoms with van der Waals surface area (Å²) in [7, 11) is 0. The fourth-order valence-corrected chi connectivity index (χ4v) is 5.71. The van der Waals surface area contributed by atoms with Crippen LogP contribution in [0.1, 0.15) is 0 Å². The van der Waals surface area contributed by atoms with Crippen molar-refractivity contribution in [1.82, 2.24) is 19.1 Å². The van der Waals surface area contributed by atoms with Gasteiger partial charge in [0.25, 0.3) is 0 Å². The van der Waals surface area contributed by atoms with Gasteiger partial charge >= 0.3 is 0 Å². The summed E-state index contributed by atoms with van der Waals surface area (Å²) in [5.74, 6) is 0.671. The van der Waals surface area contributed by atoms with Crippen LogP contribution in [0.4, 0.5) is 0 Å². The molecule has 0 saturated heterocycles. The second kappa shape index (κ2) is 8.15. The molecule has 4 nitrogen and oxygen atoms in total. The lowest BCUT2D eigenvalue weighted by molar-refractivity contribution is 1.01. The first kappa shape index (κ1) is 20.9. The summed E-state index contributed by atoms with van der Waals surface area (Å²) in [6, 6.07) is 46.4. The van der Waals surface area contributed by atoms with Crippen LogP contribution in [0.5, 0.6) is 0 Å². The molecule has 38 heavy (non-hydrogen) atoms. The van der Waals surface area contributed by atoms with E-state index in [9.17, 15) is 0 Å². The van der Waals surface area contributed by atoms with Crippen molar-refractivity contribution in [2.75, 3.05) is 0 Å². The van der Waals surface area contributed by atoms with Gasteiger partial charge in [-0.15, -0.1) is 0 Å². The van der Waals surface area contributed by atoms with Crippen molar-refractivity contribution < 1.29 is 0 Å². The van der Waals surface area contributed by atoms with E-state index in [0.717, 1.165) is 49.9 Å². The first-order chi connectivity index (χ1) is 18.9. The molecule has 0 atom stereocenters. The van der Waals surface area contributed by atoms with Crippen molar-refractivity contribution in [1.29, 1.82) is 0 Å². The van der Waals surface area contributed by atoms with Crippen LogP contribution in [0, 0.1) is 0 Å². The lowest BCUT2D eigenvalue weighted by Crippen LogP contribution is -2.04. The molecule has 0 N–H and O–H groups in total. The van der Waals surface area contributed by atoms with Gasteiger partial charge in [0.15, 0.2) is 0 Å². The van der Waals surface area contributed by atoms with Crippen molar-refractivity contribution in [2.24, 2.45) is 0 Å². The van der Waals surface area contributed by atoms with Gasteiger partial charge in [-0.1, -0.05) is 103 Å². The molecular formula is C34H22N4. The number of hydrogen-bond acceptors (Lipinski definition) is 2. The average molecular weight is 487 g/mol. The highest BCUT2D eigenvalue weighted by atomic mass is 15.2. The Labute approximate surface area is 219 Å². The predicted octanol–water partition coefficient (Wildman–Crippen LogP) is 8.34. The van der Waals surface area contributed by atoms with Crippen LogP contribution in [0.3, 0.4) is 0 Å². The molecular weight excluding hydrogens is 464 g/mol. The van der Waals surface area contributed by atoms with Crippen LogP contribution in [-0.4, -0.2) is 19.1 Å². The fourth-order valence-electron chi connectivity index (χ4n) is 5.71. The number of hydrogen-bond donors (Lipinski definition) is 0. The molecule has 0 spiro atoms. The first-order valence-electron chi connectivity index (χ1n) is 12.8. The van der Waals surface area contributed by atoms with Crippen LogP contribution >= 0.6 is 0 Å². The van der Waals surface area contributed by atoms with E-state index >= 15 is 0 Å². The molecule has 0 radical (unpaired) electrons. The minimum absolute atomic E-state index is 0.671. The van der Waals surface area contributed by atoms with Gasteiger partial charge in [-0.3, -0.25) is 4.57 Å². The highest BCUT2D eigenvalue weighted by Crippen LogP contribution is 2.38. The Morgan fingerprint density at radius 1 is 0.421 bits per heavy atom. The third kappa shape index (κ3) is 2.98. The Kier molecular flexibility index (Phi) is 4.49. The minimum atomic E-state index is 0.671. The molecule has 0 aliphatic rings. The normalized spacial score (nSPS) is 11.7. The molecule has 0 saturated carbocycles. The predicted molar refractivity (Wildman–Crippen MR) is 156 cm³/mol. The standard InChI is InChI=1S/C34H22N4/c1-3-13-23(14-4-1)31-33-32(27-19-9-12-22-30(27)37(33)24-15-5-2-6-16-24)36-34(35-31)38-28-20-10-7-17-25(28)26-18-8-11-21-29(26)38/h1-22H. The quantitative estimate of drug-likeness (QED) is 0.252. The molecule has 8 aromatic rings. The molecule has 0 fully saturated rings. The van der Waals surface area contributed by atoms with Crippen molar-refractivity contribution in [3.8, 4) is 22.9 Å². The monoisotopic (exact) mass is 486 g/mol. The van der Waals surface area contributed by atoms with Crippen molar-refractivity contribution in [2.45, 2.75) is 0 Å². The third-order valence-corrected chi connectivity index (χ3v) is 7.34. The van der Waals surface area contributed by atoms with Gasteiger partial charge < -0.3 is 4.57 Å². The topological polar surface area (TPSA) is 35.6 Å². The highest BCUT2D eigenvalue weighted by Gasteiger charge is 2.22. The summed E-state index contributed by atoms with van der Waals surface area (Å²) in [6.07, 6.45) is 0. The number of nitrogens with zero attached hydrogens (tertiary/aromatic N) is 4. The Hall–Kier alpha value is -5.22. The Morgan fingerprint density at radius 3 is 1.55 bits per heavy atom. The summed E-state index contributed by atoms with van der Waals surface area (Å²) in [5.41, 5.74) is 8.30. The summed E-state index contributed by atoms with van der Waals surface area (Å²) in [6.45, 7) is 0. The van der Waals surface area contributed by atoms with E-state index in [1.165, 1.54) is 10.8 Å². The zero-order chi connectivity index (χ0) is 25.1. The van der Waals surface area contributed by atoms with Gasteiger partial charge in [-0.2, -0.15) is 0 Å². The maximum absolute atomic E-state index is 5.33. The SMILES string of the molecule is c1ccc(-c2nc(-n3c4ccccc4c4ccccc43)nc3c4ccccc4n(-c4ccccc4)c23)cc1. The lowest BCUT2D eigenvalue weighted by atomic mass is 10.1. The van der Waals surface area contributed by atoms with Crippen LogP contribution in [0.2, 0.25) is 0 Å². The van der Waals surface area contributed by atoms with E-state index in [4.69, 9.17) is 9.97 Å². The molecule has 8 rings (SSSR count). The molecule has 4 heteroatoms. The summed E-state index contributed by atoms with van der Waals surface area (Å²) in [5, 5.41) is 3.49. The molecule has 3 heterocycles. The van der Waals surface area contributed by atoms with Crippen LogP contribution in [0.15, 0.2) is 133 Å². The van der Waals surface area contributed by atoms with Gasteiger partial charge in [-0.25, -0.2) is 9.97 Å². The number of benzene rings is 5. The third-order valence-electron chi connectivity index (χ3n) is 7.34. The van der Waals surface area contributed by atoms with E-state index in [2.05, 4.69) is 130 Å². The maximum Gasteiger partial charge on any atom is 0.235 e. The van der Waals surface area contributed by atoms with Gasteiger partial charge in [0, 0.05) is 27.4 Å². The molecule has 0 aliphatic carbocycles. The summed E-state index contributed by atoms with van der Waals surface area (Å²) < 4.78 is 4.49. The largest absolute Gasteiger partial charge is 0.306 e. The second-order valence-electron chi connectivity index (χ2n) is 9.49. The minimum Gasteiger partial charge on any atom is -0.306 e. The van der Waals surface area contributed by atoms with E-state index in [0.29, 0.717) is 5.95 Å². The number of aromatic nitrogens is 4. The Balaban J connectivity index is 1.58.